The molecule has 2 aromatic heterocycles. The van der Waals surface area contributed by atoms with E-state index in [0.29, 0.717) is 10.2 Å². The third-order valence-corrected chi connectivity index (χ3v) is 5.50. The molecule has 0 unspecified atom stereocenters. The molecule has 1 N–H and O–H groups in total. The van der Waals surface area contributed by atoms with Crippen LogP contribution in [0.1, 0.15) is 5.56 Å². The van der Waals surface area contributed by atoms with E-state index < -0.39 is 5.91 Å². The number of thiophene rings is 1. The monoisotopic (exact) mass is 418 g/mol. The number of hydrazone groups is 1. The standard InChI is InChI=1S/C22H18N4O3S/c1-29-17-9-7-15(8-10-17)12-24-25-20(27)13-26-14-23-21-18(22(26)28)11-19(30-21)16-5-3-2-4-6-16/h2-12,14H,13H2,1H3,(H,25,27). The molecule has 8 heteroatoms. The molecular weight excluding hydrogens is 400 g/mol. The van der Waals surface area contributed by atoms with E-state index in [1.165, 1.54) is 28.4 Å². The second-order valence-corrected chi connectivity index (χ2v) is 7.47. The highest BCUT2D eigenvalue weighted by Crippen LogP contribution is 2.30. The van der Waals surface area contributed by atoms with Gasteiger partial charge in [-0.3, -0.25) is 14.2 Å². The summed E-state index contributed by atoms with van der Waals surface area (Å²) in [6.45, 7) is -0.168. The third kappa shape index (κ3) is 4.28. The Morgan fingerprint density at radius 3 is 2.70 bits per heavy atom. The van der Waals surface area contributed by atoms with Crippen LogP contribution < -0.4 is 15.7 Å². The van der Waals surface area contributed by atoms with Crippen LogP contribution in [0.5, 0.6) is 5.75 Å². The maximum absolute atomic E-state index is 12.8. The summed E-state index contributed by atoms with van der Waals surface area (Å²) in [5.41, 5.74) is 4.01. The van der Waals surface area contributed by atoms with E-state index in [1.54, 1.807) is 19.2 Å². The fourth-order valence-electron chi connectivity index (χ4n) is 2.88. The van der Waals surface area contributed by atoms with Crippen molar-refractivity contribution < 1.29 is 9.53 Å². The molecule has 0 aliphatic carbocycles. The van der Waals surface area contributed by atoms with E-state index in [9.17, 15) is 9.59 Å². The first kappa shape index (κ1) is 19.5. The van der Waals surface area contributed by atoms with Crippen molar-refractivity contribution in [2.75, 3.05) is 7.11 Å². The number of rotatable bonds is 6. The molecule has 0 fully saturated rings. The van der Waals surface area contributed by atoms with Gasteiger partial charge in [-0.05, 0) is 41.5 Å². The van der Waals surface area contributed by atoms with Gasteiger partial charge in [0.25, 0.3) is 11.5 Å². The van der Waals surface area contributed by atoms with Gasteiger partial charge in [-0.15, -0.1) is 11.3 Å². The molecule has 0 aliphatic rings. The van der Waals surface area contributed by atoms with Gasteiger partial charge in [0.15, 0.2) is 0 Å². The summed E-state index contributed by atoms with van der Waals surface area (Å²) < 4.78 is 6.37. The van der Waals surface area contributed by atoms with Crippen LogP contribution in [0.2, 0.25) is 0 Å². The summed E-state index contributed by atoms with van der Waals surface area (Å²) in [4.78, 5) is 30.9. The smallest absolute Gasteiger partial charge is 0.262 e. The van der Waals surface area contributed by atoms with Gasteiger partial charge in [0.05, 0.1) is 25.0 Å². The first-order chi connectivity index (χ1) is 14.6. The lowest BCUT2D eigenvalue weighted by Crippen LogP contribution is -2.29. The molecule has 0 radical (unpaired) electrons. The minimum atomic E-state index is -0.415. The van der Waals surface area contributed by atoms with Gasteiger partial charge in [-0.2, -0.15) is 5.10 Å². The molecule has 0 aliphatic heterocycles. The summed E-state index contributed by atoms with van der Waals surface area (Å²) in [6, 6.07) is 18.9. The minimum absolute atomic E-state index is 0.168. The summed E-state index contributed by atoms with van der Waals surface area (Å²) in [6.07, 6.45) is 2.91. The van der Waals surface area contributed by atoms with E-state index in [1.807, 2.05) is 48.5 Å². The van der Waals surface area contributed by atoms with Gasteiger partial charge < -0.3 is 4.74 Å². The van der Waals surface area contributed by atoms with Gasteiger partial charge in [-0.1, -0.05) is 30.3 Å². The van der Waals surface area contributed by atoms with Gasteiger partial charge >= 0.3 is 0 Å². The molecule has 0 saturated carbocycles. The molecule has 0 bridgehead atoms. The van der Waals surface area contributed by atoms with E-state index >= 15 is 0 Å². The molecule has 30 heavy (non-hydrogen) atoms. The molecule has 0 atom stereocenters. The first-order valence-corrected chi connectivity index (χ1v) is 9.96. The molecule has 150 valence electrons. The van der Waals surface area contributed by atoms with Crippen molar-refractivity contribution in [2.24, 2.45) is 5.10 Å². The van der Waals surface area contributed by atoms with Crippen LogP contribution in [-0.4, -0.2) is 28.8 Å². The number of nitrogens with one attached hydrogen (secondary N) is 1. The van der Waals surface area contributed by atoms with E-state index in [-0.39, 0.29) is 12.1 Å². The number of hydrogen-bond donors (Lipinski definition) is 1. The normalized spacial score (nSPS) is 11.1. The van der Waals surface area contributed by atoms with Gasteiger partial charge in [0, 0.05) is 4.88 Å². The predicted octanol–water partition coefficient (Wildman–Crippen LogP) is 3.28. The molecule has 4 rings (SSSR count). The van der Waals surface area contributed by atoms with Crippen molar-refractivity contribution in [3.8, 4) is 16.2 Å². The molecular formula is C22H18N4O3S. The lowest BCUT2D eigenvalue weighted by molar-refractivity contribution is -0.121. The molecule has 0 saturated heterocycles. The number of methoxy groups -OCH3 is 1. The molecule has 0 spiro atoms. The number of carbonyl (C=O) groups excluding carboxylic acids is 1. The average Bonchev–Trinajstić information content (AvgIpc) is 3.22. The SMILES string of the molecule is COc1ccc(C=NNC(=O)Cn2cnc3sc(-c4ccccc4)cc3c2=O)cc1. The largest absolute Gasteiger partial charge is 0.497 e. The minimum Gasteiger partial charge on any atom is -0.497 e. The fourth-order valence-corrected chi connectivity index (χ4v) is 3.87. The molecule has 1 amide bonds. The molecule has 7 nitrogen and oxygen atoms in total. The Labute approximate surface area is 176 Å². The zero-order valence-corrected chi connectivity index (χ0v) is 16.9. The summed E-state index contributed by atoms with van der Waals surface area (Å²) >= 11 is 1.45. The van der Waals surface area contributed by atoms with Crippen molar-refractivity contribution >= 4 is 33.7 Å². The van der Waals surface area contributed by atoms with Crippen LogP contribution in [0, 0.1) is 0 Å². The Morgan fingerprint density at radius 1 is 1.20 bits per heavy atom. The molecule has 4 aromatic rings. The Bertz CT molecular complexity index is 1260. The van der Waals surface area contributed by atoms with Crippen LogP contribution >= 0.6 is 11.3 Å². The number of benzene rings is 2. The average molecular weight is 418 g/mol. The predicted molar refractivity (Wildman–Crippen MR) is 118 cm³/mol. The topological polar surface area (TPSA) is 85.6 Å². The zero-order chi connectivity index (χ0) is 20.9. The number of aromatic nitrogens is 2. The Kier molecular flexibility index (Phi) is 5.67. The van der Waals surface area contributed by atoms with Crippen LogP contribution in [0.25, 0.3) is 20.7 Å². The van der Waals surface area contributed by atoms with Gasteiger partial charge in [0.2, 0.25) is 0 Å². The molecule has 2 aromatic carbocycles. The molecule has 2 heterocycles. The summed E-state index contributed by atoms with van der Waals surface area (Å²) in [5.74, 6) is 0.323. The fraction of sp³-hybridized carbons (Fsp3) is 0.0909. The summed E-state index contributed by atoms with van der Waals surface area (Å²) in [7, 11) is 1.59. The number of fused-ring (bicyclic) bond motifs is 1. The Hall–Kier alpha value is -3.78. The lowest BCUT2D eigenvalue weighted by atomic mass is 10.2. The number of nitrogens with zero attached hydrogens (tertiary/aromatic N) is 3. The zero-order valence-electron chi connectivity index (χ0n) is 16.1. The van der Waals surface area contributed by atoms with Crippen molar-refractivity contribution in [1.29, 1.82) is 0 Å². The van der Waals surface area contributed by atoms with Crippen LogP contribution in [0.4, 0.5) is 0 Å². The highest BCUT2D eigenvalue weighted by atomic mass is 32.1. The number of carbonyl (C=O) groups is 1. The van der Waals surface area contributed by atoms with Gasteiger partial charge in [-0.25, -0.2) is 10.4 Å². The highest BCUT2D eigenvalue weighted by Gasteiger charge is 2.12. The van der Waals surface area contributed by atoms with E-state index in [0.717, 1.165) is 21.8 Å². The maximum atomic E-state index is 12.8. The highest BCUT2D eigenvalue weighted by molar-refractivity contribution is 7.21. The lowest BCUT2D eigenvalue weighted by Gasteiger charge is -2.03. The van der Waals surface area contributed by atoms with Crippen LogP contribution in [0.3, 0.4) is 0 Å². The third-order valence-electron chi connectivity index (χ3n) is 4.41. The van der Waals surface area contributed by atoms with Crippen LogP contribution in [-0.2, 0) is 11.3 Å². The van der Waals surface area contributed by atoms with Crippen LogP contribution in [0.15, 0.2) is 76.9 Å². The Balaban J connectivity index is 1.46. The number of ether oxygens (including phenoxy) is 1. The number of amides is 1. The second kappa shape index (κ2) is 8.71. The van der Waals surface area contributed by atoms with E-state index in [2.05, 4.69) is 15.5 Å². The van der Waals surface area contributed by atoms with E-state index in [4.69, 9.17) is 4.74 Å². The van der Waals surface area contributed by atoms with Crippen molar-refractivity contribution in [3.63, 3.8) is 0 Å². The maximum Gasteiger partial charge on any atom is 0.262 e. The Morgan fingerprint density at radius 2 is 1.97 bits per heavy atom. The van der Waals surface area contributed by atoms with Crippen molar-refractivity contribution in [2.45, 2.75) is 6.54 Å². The quantitative estimate of drug-likeness (QED) is 0.385. The van der Waals surface area contributed by atoms with Gasteiger partial charge in [0.1, 0.15) is 17.1 Å². The van der Waals surface area contributed by atoms with Crippen molar-refractivity contribution in [1.82, 2.24) is 15.0 Å². The second-order valence-electron chi connectivity index (χ2n) is 6.44. The van der Waals surface area contributed by atoms with Crippen molar-refractivity contribution in [3.05, 3.63) is 82.9 Å². The number of hydrogen-bond acceptors (Lipinski definition) is 6. The first-order valence-electron chi connectivity index (χ1n) is 9.14. The summed E-state index contributed by atoms with van der Waals surface area (Å²) in [5, 5.41) is 4.43.